The fourth-order valence-corrected chi connectivity index (χ4v) is 3.19. The van der Waals surface area contributed by atoms with E-state index in [1.807, 2.05) is 0 Å². The summed E-state index contributed by atoms with van der Waals surface area (Å²) in [5.74, 6) is -0.434. The van der Waals surface area contributed by atoms with Crippen LogP contribution in [0.25, 0.3) is 6.08 Å². The SMILES string of the molecule is CN(C)S(=O)(=O)c1ccccc1NC(=O)/C=C/c1cccc(Cl)c1. The molecule has 0 atom stereocenters. The van der Waals surface area contributed by atoms with E-state index in [4.69, 9.17) is 11.6 Å². The van der Waals surface area contributed by atoms with Gasteiger partial charge in [0.25, 0.3) is 0 Å². The van der Waals surface area contributed by atoms with Gasteiger partial charge in [-0.15, -0.1) is 0 Å². The molecule has 0 radical (unpaired) electrons. The van der Waals surface area contributed by atoms with Gasteiger partial charge < -0.3 is 5.32 Å². The van der Waals surface area contributed by atoms with Crippen LogP contribution in [0.3, 0.4) is 0 Å². The number of nitrogens with one attached hydrogen (secondary N) is 1. The van der Waals surface area contributed by atoms with Crippen molar-refractivity contribution in [3.8, 4) is 0 Å². The standard InChI is InChI=1S/C17H17ClN2O3S/c1-20(2)24(22,23)16-9-4-3-8-15(16)19-17(21)11-10-13-6-5-7-14(18)12-13/h3-12H,1-2H3,(H,19,21)/b11-10+. The molecule has 2 aromatic rings. The number of halogens is 1. The number of rotatable bonds is 5. The summed E-state index contributed by atoms with van der Waals surface area (Å²) in [7, 11) is -0.774. The largest absolute Gasteiger partial charge is 0.321 e. The van der Waals surface area contributed by atoms with E-state index in [1.165, 1.54) is 26.2 Å². The minimum Gasteiger partial charge on any atom is -0.321 e. The second-order valence-corrected chi connectivity index (χ2v) is 7.72. The fourth-order valence-electron chi connectivity index (χ4n) is 1.95. The lowest BCUT2D eigenvalue weighted by Gasteiger charge is -2.15. The summed E-state index contributed by atoms with van der Waals surface area (Å²) < 4.78 is 25.7. The molecule has 0 saturated carbocycles. The van der Waals surface area contributed by atoms with E-state index in [2.05, 4.69) is 5.32 Å². The number of carbonyl (C=O) groups is 1. The molecule has 5 nitrogen and oxygen atoms in total. The average molecular weight is 365 g/mol. The lowest BCUT2D eigenvalue weighted by atomic mass is 10.2. The Labute approximate surface area is 146 Å². The second-order valence-electron chi connectivity index (χ2n) is 5.16. The molecule has 0 aliphatic carbocycles. The van der Waals surface area contributed by atoms with E-state index >= 15 is 0 Å². The van der Waals surface area contributed by atoms with Crippen molar-refractivity contribution < 1.29 is 13.2 Å². The number of benzene rings is 2. The molecule has 24 heavy (non-hydrogen) atoms. The molecule has 0 bridgehead atoms. The zero-order valence-electron chi connectivity index (χ0n) is 13.2. The molecule has 1 N–H and O–H groups in total. The summed E-state index contributed by atoms with van der Waals surface area (Å²) >= 11 is 5.88. The molecule has 0 aromatic heterocycles. The van der Waals surface area contributed by atoms with E-state index in [0.717, 1.165) is 9.87 Å². The number of sulfonamides is 1. The van der Waals surface area contributed by atoms with E-state index in [0.29, 0.717) is 5.02 Å². The summed E-state index contributed by atoms with van der Waals surface area (Å²) in [5, 5.41) is 3.16. The van der Waals surface area contributed by atoms with Crippen LogP contribution in [0.15, 0.2) is 59.5 Å². The van der Waals surface area contributed by atoms with Crippen molar-refractivity contribution in [2.24, 2.45) is 0 Å². The summed E-state index contributed by atoms with van der Waals surface area (Å²) in [4.78, 5) is 12.1. The average Bonchev–Trinajstić information content (AvgIpc) is 2.53. The van der Waals surface area contributed by atoms with Crippen LogP contribution in [0.2, 0.25) is 5.02 Å². The first-order chi connectivity index (χ1) is 11.3. The molecule has 2 aromatic carbocycles. The van der Waals surface area contributed by atoms with Crippen molar-refractivity contribution in [3.63, 3.8) is 0 Å². The van der Waals surface area contributed by atoms with E-state index in [9.17, 15) is 13.2 Å². The third kappa shape index (κ3) is 4.44. The highest BCUT2D eigenvalue weighted by Gasteiger charge is 2.21. The van der Waals surface area contributed by atoms with Crippen molar-refractivity contribution in [3.05, 3.63) is 65.2 Å². The van der Waals surface area contributed by atoms with Gasteiger partial charge in [0.05, 0.1) is 5.69 Å². The van der Waals surface area contributed by atoms with E-state index < -0.39 is 15.9 Å². The lowest BCUT2D eigenvalue weighted by molar-refractivity contribution is -0.111. The van der Waals surface area contributed by atoms with Crippen LogP contribution in [0, 0.1) is 0 Å². The van der Waals surface area contributed by atoms with Crippen LogP contribution in [0.4, 0.5) is 5.69 Å². The summed E-state index contributed by atoms with van der Waals surface area (Å²) in [6, 6.07) is 13.3. The topological polar surface area (TPSA) is 66.5 Å². The second kappa shape index (κ2) is 7.61. The molecular formula is C17H17ClN2O3S. The molecule has 1 amide bonds. The highest BCUT2D eigenvalue weighted by atomic mass is 35.5. The van der Waals surface area contributed by atoms with Gasteiger partial charge in [-0.1, -0.05) is 35.9 Å². The van der Waals surface area contributed by atoms with Gasteiger partial charge in [0.2, 0.25) is 15.9 Å². The predicted octanol–water partition coefficient (Wildman–Crippen LogP) is 3.24. The van der Waals surface area contributed by atoms with E-state index in [-0.39, 0.29) is 10.6 Å². The van der Waals surface area contributed by atoms with Gasteiger partial charge in [0, 0.05) is 25.2 Å². The number of nitrogens with zero attached hydrogens (tertiary/aromatic N) is 1. The molecule has 7 heteroatoms. The van der Waals surface area contributed by atoms with Crippen molar-refractivity contribution in [1.29, 1.82) is 0 Å². The number of para-hydroxylation sites is 1. The fraction of sp³-hybridized carbons (Fsp3) is 0.118. The van der Waals surface area contributed by atoms with Gasteiger partial charge in [0.15, 0.2) is 0 Å². The molecule has 126 valence electrons. The number of anilines is 1. The minimum atomic E-state index is -3.65. The Kier molecular flexibility index (Phi) is 5.77. The smallest absolute Gasteiger partial charge is 0.248 e. The Morgan fingerprint density at radius 2 is 1.83 bits per heavy atom. The van der Waals surface area contributed by atoms with Crippen LogP contribution in [-0.4, -0.2) is 32.7 Å². The molecule has 0 unspecified atom stereocenters. The van der Waals surface area contributed by atoms with Crippen LogP contribution >= 0.6 is 11.6 Å². The maximum absolute atomic E-state index is 12.3. The maximum Gasteiger partial charge on any atom is 0.248 e. The van der Waals surface area contributed by atoms with Gasteiger partial charge in [-0.25, -0.2) is 12.7 Å². The Morgan fingerprint density at radius 3 is 2.50 bits per heavy atom. The highest BCUT2D eigenvalue weighted by Crippen LogP contribution is 2.23. The Balaban J connectivity index is 2.21. The Morgan fingerprint density at radius 1 is 1.12 bits per heavy atom. The summed E-state index contributed by atoms with van der Waals surface area (Å²) in [6.45, 7) is 0. The van der Waals surface area contributed by atoms with Crippen molar-refractivity contribution in [1.82, 2.24) is 4.31 Å². The third-order valence-electron chi connectivity index (χ3n) is 3.18. The van der Waals surface area contributed by atoms with Crippen LogP contribution in [0.5, 0.6) is 0 Å². The summed E-state index contributed by atoms with van der Waals surface area (Å²) in [5.41, 5.74) is 0.999. The first kappa shape index (κ1) is 18.2. The molecule has 0 aliphatic heterocycles. The van der Waals surface area contributed by atoms with Gasteiger partial charge >= 0.3 is 0 Å². The van der Waals surface area contributed by atoms with Crippen molar-refractivity contribution in [2.45, 2.75) is 4.90 Å². The number of hydrogen-bond donors (Lipinski definition) is 1. The van der Waals surface area contributed by atoms with Gasteiger partial charge in [-0.3, -0.25) is 4.79 Å². The van der Waals surface area contributed by atoms with Crippen LogP contribution in [-0.2, 0) is 14.8 Å². The number of carbonyl (C=O) groups excluding carboxylic acids is 1. The maximum atomic E-state index is 12.3. The molecular weight excluding hydrogens is 348 g/mol. The molecule has 2 rings (SSSR count). The quantitative estimate of drug-likeness (QED) is 0.828. The molecule has 0 fully saturated rings. The van der Waals surface area contributed by atoms with Gasteiger partial charge in [0.1, 0.15) is 4.90 Å². The highest BCUT2D eigenvalue weighted by molar-refractivity contribution is 7.89. The normalized spacial score (nSPS) is 11.8. The first-order valence-corrected chi connectivity index (χ1v) is 8.88. The van der Waals surface area contributed by atoms with Gasteiger partial charge in [-0.2, -0.15) is 0 Å². The Hall–Kier alpha value is -2.15. The molecule has 0 saturated heterocycles. The molecule has 0 heterocycles. The van der Waals surface area contributed by atoms with Crippen molar-refractivity contribution >= 4 is 39.3 Å². The minimum absolute atomic E-state index is 0.0412. The van der Waals surface area contributed by atoms with E-state index in [1.54, 1.807) is 48.5 Å². The third-order valence-corrected chi connectivity index (χ3v) is 5.29. The van der Waals surface area contributed by atoms with Crippen LogP contribution < -0.4 is 5.32 Å². The van der Waals surface area contributed by atoms with Crippen molar-refractivity contribution in [2.75, 3.05) is 19.4 Å². The van der Waals surface area contributed by atoms with Crippen LogP contribution in [0.1, 0.15) is 5.56 Å². The number of hydrogen-bond acceptors (Lipinski definition) is 3. The lowest BCUT2D eigenvalue weighted by Crippen LogP contribution is -2.24. The summed E-state index contributed by atoms with van der Waals surface area (Å²) in [6.07, 6.45) is 2.93. The van der Waals surface area contributed by atoms with Gasteiger partial charge in [-0.05, 0) is 35.9 Å². The molecule has 0 aliphatic rings. The Bertz CT molecular complexity index is 877. The monoisotopic (exact) mass is 364 g/mol. The number of amides is 1. The zero-order valence-corrected chi connectivity index (χ0v) is 14.8. The molecule has 0 spiro atoms. The predicted molar refractivity (Wildman–Crippen MR) is 96.4 cm³/mol. The first-order valence-electron chi connectivity index (χ1n) is 7.07. The zero-order chi connectivity index (χ0) is 17.7.